The van der Waals surface area contributed by atoms with E-state index in [1.807, 2.05) is 0 Å². The van der Waals surface area contributed by atoms with Crippen molar-refractivity contribution in [1.29, 1.82) is 0 Å². The largest absolute Gasteiger partial charge is 0.472 e. The summed E-state index contributed by atoms with van der Waals surface area (Å²) in [6.07, 6.45) is 75.1. The van der Waals surface area contributed by atoms with Crippen molar-refractivity contribution >= 4 is 39.5 Å². The second-order valence-corrected chi connectivity index (χ2v) is 28.1. The lowest BCUT2D eigenvalue weighted by Gasteiger charge is -2.21. The molecule has 17 nitrogen and oxygen atoms in total. The van der Waals surface area contributed by atoms with Gasteiger partial charge in [-0.3, -0.25) is 37.3 Å². The minimum atomic E-state index is -4.98. The molecule has 0 heterocycles. The maximum absolute atomic E-state index is 13.1. The maximum atomic E-state index is 13.1. The average Bonchev–Trinajstić information content (AvgIpc) is 0.979. The first kappa shape index (κ1) is 93.7. The molecule has 564 valence electrons. The SMILES string of the molecule is CC/C=C\C/C=C\C/C=C\C/C=C\CCCCCCCCC(=O)OCC(COP(=O)(O)OCC(O)COP(=O)(O)OCC(COC(=O)CCCCCCC/C=C\CCCC)OC(=O)CCCCCCCCCCCCC)OC(=O)CCCCCC/C=C\C/C=C\C/C=C\C/C=C\CC. The summed E-state index contributed by atoms with van der Waals surface area (Å²) in [6, 6.07) is 0. The van der Waals surface area contributed by atoms with E-state index in [-0.39, 0.29) is 25.7 Å². The second-order valence-electron chi connectivity index (χ2n) is 25.2. The Balaban J connectivity index is 5.35. The van der Waals surface area contributed by atoms with Gasteiger partial charge in [0.1, 0.15) is 19.3 Å². The standard InChI is InChI=1S/C79H136O17P2/c1-5-9-13-17-21-25-29-31-33-35-36-38-39-41-45-48-52-56-60-64-77(82)90-70-75(96-79(84)66-62-58-54-50-46-42-40-37-34-32-30-26-22-18-14-10-6-2)72-94-98(87,88)92-68-73(80)67-91-97(85,86)93-71-74(95-78(83)65-61-57-53-49-44-28-24-20-16-12-8-4)69-89-76(81)63-59-55-51-47-43-27-23-19-15-11-7-3/h9-10,13-14,19,21-23,25-26,31-34,36,38,40,42,73-75,80H,5-8,11-12,15-18,20,24,27-30,35,37,39,41,43-72H2,1-4H3,(H,85,86)(H,87,88)/b13-9-,14-10-,23-19-,25-21-,26-22-,33-31-,34-32-,38-36-,42-40-. The number of unbranched alkanes of at least 4 members (excludes halogenated alkanes) is 27. The number of rotatable bonds is 71. The van der Waals surface area contributed by atoms with Gasteiger partial charge < -0.3 is 33.8 Å². The van der Waals surface area contributed by atoms with Gasteiger partial charge in [-0.05, 0) is 122 Å². The maximum Gasteiger partial charge on any atom is 0.472 e. The normalized spacial score (nSPS) is 14.6. The van der Waals surface area contributed by atoms with E-state index in [1.165, 1.54) is 51.4 Å². The zero-order valence-corrected chi connectivity index (χ0v) is 63.2. The van der Waals surface area contributed by atoms with Gasteiger partial charge in [-0.25, -0.2) is 9.13 Å². The third-order valence-corrected chi connectivity index (χ3v) is 17.6. The number of phosphoric ester groups is 2. The van der Waals surface area contributed by atoms with Crippen LogP contribution in [0, 0.1) is 0 Å². The summed E-state index contributed by atoms with van der Waals surface area (Å²) in [5.41, 5.74) is 0. The molecule has 0 rings (SSSR count). The van der Waals surface area contributed by atoms with Crippen molar-refractivity contribution in [3.05, 3.63) is 109 Å². The number of hydrogen-bond acceptors (Lipinski definition) is 15. The van der Waals surface area contributed by atoms with Crippen molar-refractivity contribution in [1.82, 2.24) is 0 Å². The van der Waals surface area contributed by atoms with Crippen LogP contribution >= 0.6 is 15.6 Å². The van der Waals surface area contributed by atoms with Gasteiger partial charge in [-0.15, -0.1) is 0 Å². The van der Waals surface area contributed by atoms with Crippen LogP contribution in [0.25, 0.3) is 0 Å². The van der Waals surface area contributed by atoms with Gasteiger partial charge in [-0.2, -0.15) is 0 Å². The smallest absolute Gasteiger partial charge is 0.462 e. The topological polar surface area (TPSA) is 237 Å². The summed E-state index contributed by atoms with van der Waals surface area (Å²) in [6.45, 7) is 4.56. The van der Waals surface area contributed by atoms with E-state index < -0.39 is 97.5 Å². The lowest BCUT2D eigenvalue weighted by atomic mass is 10.1. The van der Waals surface area contributed by atoms with Crippen molar-refractivity contribution < 1.29 is 80.2 Å². The summed E-state index contributed by atoms with van der Waals surface area (Å²) in [7, 11) is -9.95. The number of carbonyl (C=O) groups excluding carboxylic acids is 4. The van der Waals surface area contributed by atoms with Crippen LogP contribution in [0.4, 0.5) is 0 Å². The molecule has 19 heteroatoms. The molecule has 0 amide bonds. The van der Waals surface area contributed by atoms with Crippen molar-refractivity contribution in [2.45, 2.75) is 329 Å². The minimum Gasteiger partial charge on any atom is -0.462 e. The van der Waals surface area contributed by atoms with Crippen LogP contribution in [-0.2, 0) is 65.4 Å². The predicted molar refractivity (Wildman–Crippen MR) is 399 cm³/mol. The van der Waals surface area contributed by atoms with Crippen molar-refractivity contribution in [3.63, 3.8) is 0 Å². The van der Waals surface area contributed by atoms with E-state index in [9.17, 15) is 43.2 Å². The molecular formula is C79H136O17P2. The molecule has 0 spiro atoms. The van der Waals surface area contributed by atoms with Crippen LogP contribution in [0.1, 0.15) is 310 Å². The molecule has 0 aliphatic carbocycles. The van der Waals surface area contributed by atoms with Gasteiger partial charge in [0.15, 0.2) is 12.2 Å². The zero-order chi connectivity index (χ0) is 71.8. The van der Waals surface area contributed by atoms with E-state index in [2.05, 4.69) is 137 Å². The van der Waals surface area contributed by atoms with Gasteiger partial charge in [0.2, 0.25) is 0 Å². The Kier molecular flexibility index (Phi) is 68.0. The highest BCUT2D eigenvalue weighted by atomic mass is 31.2. The van der Waals surface area contributed by atoms with E-state index in [4.69, 9.17) is 37.0 Å². The molecule has 3 N–H and O–H groups in total. The highest BCUT2D eigenvalue weighted by Crippen LogP contribution is 2.45. The fraction of sp³-hybridized carbons (Fsp3) is 0.722. The van der Waals surface area contributed by atoms with E-state index in [0.717, 1.165) is 180 Å². The number of aliphatic hydroxyl groups excluding tert-OH is 1. The molecule has 0 radical (unpaired) electrons. The van der Waals surface area contributed by atoms with Gasteiger partial charge in [0.05, 0.1) is 26.4 Å². The van der Waals surface area contributed by atoms with Gasteiger partial charge >= 0.3 is 39.5 Å². The first-order valence-electron chi connectivity index (χ1n) is 38.1. The third kappa shape index (κ3) is 70.2. The lowest BCUT2D eigenvalue weighted by Crippen LogP contribution is -2.30. The Bertz CT molecular complexity index is 2290. The quantitative estimate of drug-likeness (QED) is 0.0169. The van der Waals surface area contributed by atoms with Crippen molar-refractivity contribution in [2.75, 3.05) is 39.6 Å². The Hall–Kier alpha value is -4.28. The molecule has 0 bridgehead atoms. The monoisotopic (exact) mass is 1420 g/mol. The highest BCUT2D eigenvalue weighted by molar-refractivity contribution is 7.47. The molecule has 5 unspecified atom stereocenters. The Morgan fingerprint density at radius 1 is 0.296 bits per heavy atom. The van der Waals surface area contributed by atoms with Gasteiger partial charge in [0, 0.05) is 25.7 Å². The Labute approximate surface area is 594 Å². The molecule has 0 aromatic carbocycles. The van der Waals surface area contributed by atoms with Crippen LogP contribution in [0.5, 0.6) is 0 Å². The van der Waals surface area contributed by atoms with Gasteiger partial charge in [0.25, 0.3) is 0 Å². The summed E-state index contributed by atoms with van der Waals surface area (Å²) in [5, 5.41) is 10.6. The number of carbonyl (C=O) groups is 4. The second kappa shape index (κ2) is 71.1. The molecule has 0 aromatic heterocycles. The first-order chi connectivity index (χ1) is 47.7. The summed E-state index contributed by atoms with van der Waals surface area (Å²) in [5.74, 6) is -2.22. The van der Waals surface area contributed by atoms with E-state index >= 15 is 0 Å². The molecule has 0 aromatic rings. The van der Waals surface area contributed by atoms with Crippen LogP contribution in [0.15, 0.2) is 109 Å². The Morgan fingerprint density at radius 3 is 0.857 bits per heavy atom. The summed E-state index contributed by atoms with van der Waals surface area (Å²) >= 11 is 0. The molecule has 98 heavy (non-hydrogen) atoms. The third-order valence-electron chi connectivity index (χ3n) is 15.7. The van der Waals surface area contributed by atoms with Gasteiger partial charge in [-0.1, -0.05) is 272 Å². The number of phosphoric acid groups is 2. The van der Waals surface area contributed by atoms with Crippen LogP contribution in [0.3, 0.4) is 0 Å². The number of aliphatic hydroxyl groups is 1. The number of hydrogen-bond donors (Lipinski definition) is 3. The lowest BCUT2D eigenvalue weighted by molar-refractivity contribution is -0.161. The van der Waals surface area contributed by atoms with Crippen LogP contribution in [0.2, 0.25) is 0 Å². The molecule has 0 aliphatic rings. The van der Waals surface area contributed by atoms with Crippen molar-refractivity contribution in [3.8, 4) is 0 Å². The average molecular weight is 1420 g/mol. The molecular weight excluding hydrogens is 1280 g/mol. The van der Waals surface area contributed by atoms with E-state index in [0.29, 0.717) is 25.7 Å². The van der Waals surface area contributed by atoms with Crippen molar-refractivity contribution in [2.24, 2.45) is 0 Å². The Morgan fingerprint density at radius 2 is 0.541 bits per heavy atom. The molecule has 0 fully saturated rings. The zero-order valence-electron chi connectivity index (χ0n) is 61.4. The molecule has 0 saturated heterocycles. The van der Waals surface area contributed by atoms with Crippen LogP contribution < -0.4 is 0 Å². The highest BCUT2D eigenvalue weighted by Gasteiger charge is 2.30. The number of allylic oxidation sites excluding steroid dienone is 18. The predicted octanol–water partition coefficient (Wildman–Crippen LogP) is 21.8. The number of ether oxygens (including phenoxy) is 4. The number of esters is 4. The van der Waals surface area contributed by atoms with E-state index in [1.54, 1.807) is 0 Å². The van der Waals surface area contributed by atoms with Crippen LogP contribution in [-0.4, -0.2) is 96.7 Å². The summed E-state index contributed by atoms with van der Waals surface area (Å²) < 4.78 is 68.4. The molecule has 5 atom stereocenters. The minimum absolute atomic E-state index is 0.0622. The summed E-state index contributed by atoms with van der Waals surface area (Å²) in [4.78, 5) is 72.8. The fourth-order valence-corrected chi connectivity index (χ4v) is 11.5. The first-order valence-corrected chi connectivity index (χ1v) is 41.1. The fourth-order valence-electron chi connectivity index (χ4n) is 9.95. The molecule has 0 aliphatic heterocycles. The molecule has 0 saturated carbocycles.